The highest BCUT2D eigenvalue weighted by atomic mass is 35.5. The van der Waals surface area contributed by atoms with Gasteiger partial charge in [0.05, 0.1) is 22.9 Å². The van der Waals surface area contributed by atoms with Gasteiger partial charge in [0.2, 0.25) is 15.9 Å². The van der Waals surface area contributed by atoms with Crippen LogP contribution in [0.15, 0.2) is 72.8 Å². The first-order valence-corrected chi connectivity index (χ1v) is 14.7. The van der Waals surface area contributed by atoms with Crippen LogP contribution in [0.2, 0.25) is 10.0 Å². The zero-order valence-electron chi connectivity index (χ0n) is 20.7. The Labute approximate surface area is 233 Å². The van der Waals surface area contributed by atoms with Gasteiger partial charge in [-0.15, -0.1) is 0 Å². The second-order valence-electron chi connectivity index (χ2n) is 9.18. The summed E-state index contributed by atoms with van der Waals surface area (Å²) in [4.78, 5) is 26.0. The standard InChI is InChI=1S/C28H29Cl2N3O4S/c29-24-12-6-13-25(30)23(24)19-38(36,37)33-17-7-10-21(18-33)27(34)32-26-14-5-4-11-22(26)28(35)31-16-15-20-8-2-1-3-9-20/h1-6,8-9,11-14,21H,7,10,15-19H2,(H,31,35)(H,32,34). The van der Waals surface area contributed by atoms with Crippen LogP contribution in [0.25, 0.3) is 0 Å². The molecule has 0 aromatic heterocycles. The summed E-state index contributed by atoms with van der Waals surface area (Å²) in [5, 5.41) is 6.31. The monoisotopic (exact) mass is 573 g/mol. The highest BCUT2D eigenvalue weighted by molar-refractivity contribution is 7.88. The number of halogens is 2. The van der Waals surface area contributed by atoms with Crippen LogP contribution in [0, 0.1) is 5.92 Å². The van der Waals surface area contributed by atoms with Gasteiger partial charge < -0.3 is 10.6 Å². The second kappa shape index (κ2) is 12.8. The summed E-state index contributed by atoms with van der Waals surface area (Å²) in [5.74, 6) is -1.52. The lowest BCUT2D eigenvalue weighted by Crippen LogP contribution is -2.44. The summed E-state index contributed by atoms with van der Waals surface area (Å²) in [7, 11) is -3.76. The quantitative estimate of drug-likeness (QED) is 0.370. The average molecular weight is 575 g/mol. The maximum absolute atomic E-state index is 13.2. The van der Waals surface area contributed by atoms with Crippen LogP contribution in [0.3, 0.4) is 0 Å². The molecule has 200 valence electrons. The number of carbonyl (C=O) groups is 2. The molecule has 2 N–H and O–H groups in total. The molecule has 0 bridgehead atoms. The van der Waals surface area contributed by atoms with Crippen molar-refractivity contribution < 1.29 is 18.0 Å². The van der Waals surface area contributed by atoms with Crippen molar-refractivity contribution in [1.82, 2.24) is 9.62 Å². The number of benzene rings is 3. The molecule has 1 aliphatic rings. The van der Waals surface area contributed by atoms with Crippen LogP contribution in [-0.4, -0.2) is 44.2 Å². The van der Waals surface area contributed by atoms with Gasteiger partial charge in [0.25, 0.3) is 5.91 Å². The maximum atomic E-state index is 13.2. The number of sulfonamides is 1. The lowest BCUT2D eigenvalue weighted by molar-refractivity contribution is -0.120. The fraction of sp³-hybridized carbons (Fsp3) is 0.286. The number of para-hydroxylation sites is 1. The lowest BCUT2D eigenvalue weighted by Gasteiger charge is -2.31. The first-order valence-electron chi connectivity index (χ1n) is 12.4. The average Bonchev–Trinajstić information content (AvgIpc) is 2.92. The largest absolute Gasteiger partial charge is 0.352 e. The molecule has 1 atom stereocenters. The molecule has 38 heavy (non-hydrogen) atoms. The maximum Gasteiger partial charge on any atom is 0.253 e. The SMILES string of the molecule is O=C(NCCc1ccccc1)c1ccccc1NC(=O)C1CCCN(S(=O)(=O)Cc2c(Cl)cccc2Cl)C1. The minimum absolute atomic E-state index is 0.0433. The van der Waals surface area contributed by atoms with Gasteiger partial charge in [0.1, 0.15) is 0 Å². The lowest BCUT2D eigenvalue weighted by atomic mass is 9.98. The van der Waals surface area contributed by atoms with E-state index in [2.05, 4.69) is 10.6 Å². The molecule has 0 radical (unpaired) electrons. The Hall–Kier alpha value is -2.91. The van der Waals surface area contributed by atoms with E-state index in [9.17, 15) is 18.0 Å². The molecule has 1 heterocycles. The first-order chi connectivity index (χ1) is 18.2. The molecule has 2 amide bonds. The molecule has 1 saturated heterocycles. The predicted octanol–water partition coefficient (Wildman–Crippen LogP) is 5.15. The third kappa shape index (κ3) is 7.14. The van der Waals surface area contributed by atoms with Crippen molar-refractivity contribution in [2.24, 2.45) is 5.92 Å². The highest BCUT2D eigenvalue weighted by Gasteiger charge is 2.33. The van der Waals surface area contributed by atoms with Crippen molar-refractivity contribution in [3.63, 3.8) is 0 Å². The number of amides is 2. The molecular formula is C28H29Cl2N3O4S. The van der Waals surface area contributed by atoms with Crippen LogP contribution in [0.4, 0.5) is 5.69 Å². The summed E-state index contributed by atoms with van der Waals surface area (Å²) >= 11 is 12.4. The van der Waals surface area contributed by atoms with Crippen molar-refractivity contribution in [3.8, 4) is 0 Å². The number of carbonyl (C=O) groups excluding carboxylic acids is 2. The second-order valence-corrected chi connectivity index (χ2v) is 12.0. The zero-order chi connectivity index (χ0) is 27.1. The molecule has 0 aliphatic carbocycles. The van der Waals surface area contributed by atoms with Gasteiger partial charge in [-0.25, -0.2) is 12.7 Å². The number of hydrogen-bond acceptors (Lipinski definition) is 4. The molecule has 1 unspecified atom stereocenters. The Balaban J connectivity index is 1.39. The third-order valence-electron chi connectivity index (χ3n) is 6.51. The summed E-state index contributed by atoms with van der Waals surface area (Å²) < 4.78 is 27.6. The fourth-order valence-electron chi connectivity index (χ4n) is 4.44. The van der Waals surface area contributed by atoms with E-state index < -0.39 is 15.9 Å². The smallest absolute Gasteiger partial charge is 0.253 e. The molecule has 1 aliphatic heterocycles. The number of piperidine rings is 1. The summed E-state index contributed by atoms with van der Waals surface area (Å²) in [5.41, 5.74) is 2.19. The van der Waals surface area contributed by atoms with Gasteiger partial charge in [-0.3, -0.25) is 9.59 Å². The molecule has 0 saturated carbocycles. The molecule has 10 heteroatoms. The first kappa shape index (κ1) is 28.1. The van der Waals surface area contributed by atoms with Crippen LogP contribution < -0.4 is 10.6 Å². The Morgan fingerprint density at radius 2 is 1.61 bits per heavy atom. The van der Waals surface area contributed by atoms with Gasteiger partial charge in [-0.1, -0.05) is 71.7 Å². The topological polar surface area (TPSA) is 95.6 Å². The number of nitrogens with zero attached hydrogens (tertiary/aromatic N) is 1. The molecule has 3 aromatic rings. The number of hydrogen-bond donors (Lipinski definition) is 2. The normalized spacial score (nSPS) is 16.1. The van der Waals surface area contributed by atoms with Crippen molar-refractivity contribution in [1.29, 1.82) is 0 Å². The van der Waals surface area contributed by atoms with E-state index >= 15 is 0 Å². The number of anilines is 1. The van der Waals surface area contributed by atoms with Crippen LogP contribution in [0.5, 0.6) is 0 Å². The summed E-state index contributed by atoms with van der Waals surface area (Å²) in [6.07, 6.45) is 1.76. The minimum Gasteiger partial charge on any atom is -0.352 e. The molecule has 4 rings (SSSR count). The van der Waals surface area contributed by atoms with E-state index in [1.807, 2.05) is 30.3 Å². The van der Waals surface area contributed by atoms with Gasteiger partial charge in [0, 0.05) is 35.2 Å². The Morgan fingerprint density at radius 3 is 2.34 bits per heavy atom. The highest BCUT2D eigenvalue weighted by Crippen LogP contribution is 2.29. The number of nitrogens with one attached hydrogen (secondary N) is 2. The Bertz CT molecular complexity index is 1380. The van der Waals surface area contributed by atoms with E-state index in [4.69, 9.17) is 23.2 Å². The third-order valence-corrected chi connectivity index (χ3v) is 8.99. The van der Waals surface area contributed by atoms with Crippen LogP contribution in [-0.2, 0) is 27.0 Å². The summed E-state index contributed by atoms with van der Waals surface area (Å²) in [6, 6.07) is 21.5. The molecular weight excluding hydrogens is 545 g/mol. The Morgan fingerprint density at radius 1 is 0.921 bits per heavy atom. The van der Waals surface area contributed by atoms with Gasteiger partial charge >= 0.3 is 0 Å². The minimum atomic E-state index is -3.76. The number of rotatable bonds is 9. The molecule has 0 spiro atoms. The van der Waals surface area contributed by atoms with Gasteiger partial charge in [-0.05, 0) is 49.1 Å². The zero-order valence-corrected chi connectivity index (χ0v) is 23.0. The van der Waals surface area contributed by atoms with Crippen molar-refractivity contribution >= 4 is 50.7 Å². The van der Waals surface area contributed by atoms with Crippen LogP contribution >= 0.6 is 23.2 Å². The molecule has 1 fully saturated rings. The van der Waals surface area contributed by atoms with Gasteiger partial charge in [0.15, 0.2) is 0 Å². The van der Waals surface area contributed by atoms with E-state index in [1.165, 1.54) is 4.31 Å². The molecule has 3 aromatic carbocycles. The van der Waals surface area contributed by atoms with Crippen LogP contribution in [0.1, 0.15) is 34.3 Å². The summed E-state index contributed by atoms with van der Waals surface area (Å²) in [6.45, 7) is 0.812. The molecule has 7 nitrogen and oxygen atoms in total. The van der Waals surface area contributed by atoms with Gasteiger partial charge in [-0.2, -0.15) is 0 Å². The Kier molecular flexibility index (Phi) is 9.44. The van der Waals surface area contributed by atoms with Crippen molar-refractivity contribution in [3.05, 3.63) is 99.5 Å². The van der Waals surface area contributed by atoms with E-state index in [0.717, 1.165) is 5.56 Å². The predicted molar refractivity (Wildman–Crippen MR) is 151 cm³/mol. The van der Waals surface area contributed by atoms with Crippen molar-refractivity contribution in [2.45, 2.75) is 25.0 Å². The van der Waals surface area contributed by atoms with E-state index in [1.54, 1.807) is 42.5 Å². The fourth-order valence-corrected chi connectivity index (χ4v) is 6.80. The van der Waals surface area contributed by atoms with E-state index in [0.29, 0.717) is 49.2 Å². The van der Waals surface area contributed by atoms with Crippen molar-refractivity contribution in [2.75, 3.05) is 25.0 Å². The van der Waals surface area contributed by atoms with E-state index in [-0.39, 0.29) is 34.2 Å².